The van der Waals surface area contributed by atoms with E-state index in [1.54, 1.807) is 0 Å². The highest BCUT2D eigenvalue weighted by Crippen LogP contribution is 2.26. The predicted molar refractivity (Wildman–Crippen MR) is 144 cm³/mol. The van der Waals surface area contributed by atoms with E-state index in [4.69, 9.17) is 36.4 Å². The molecule has 2 aromatic rings. The molecule has 3 rings (SSSR count). The summed E-state index contributed by atoms with van der Waals surface area (Å²) in [6.45, 7) is 0.0613. The molecule has 1 heterocycles. The van der Waals surface area contributed by atoms with Gasteiger partial charge in [0.1, 0.15) is 18.2 Å². The van der Waals surface area contributed by atoms with Gasteiger partial charge in [-0.15, -0.1) is 0 Å². The number of aliphatic hydroxyl groups excluding tert-OH is 1. The van der Waals surface area contributed by atoms with Crippen LogP contribution in [-0.4, -0.2) is 86.9 Å². The molecule has 13 heteroatoms. The predicted octanol–water partition coefficient (Wildman–Crippen LogP) is -0.955. The number of hydrogen-bond acceptors (Lipinski definition) is 9. The van der Waals surface area contributed by atoms with Gasteiger partial charge < -0.3 is 42.4 Å². The van der Waals surface area contributed by atoms with E-state index >= 15 is 0 Å². The highest BCUT2D eigenvalue weighted by Gasteiger charge is 2.49. The highest BCUT2D eigenvalue weighted by molar-refractivity contribution is 5.90. The number of guanidine groups is 1. The third-order valence-corrected chi connectivity index (χ3v) is 6.26. The number of nitrogens with one attached hydrogen (secondary N) is 2. The van der Waals surface area contributed by atoms with E-state index in [9.17, 15) is 14.7 Å². The average Bonchev–Trinajstić information content (AvgIpc) is 2.92. The lowest BCUT2D eigenvalue weighted by Gasteiger charge is -2.45. The van der Waals surface area contributed by atoms with Gasteiger partial charge in [-0.2, -0.15) is 0 Å². The zero-order valence-corrected chi connectivity index (χ0v) is 22.0. The molecule has 5 atom stereocenters. The summed E-state index contributed by atoms with van der Waals surface area (Å²) < 4.78 is 11.9. The maximum absolute atomic E-state index is 13.3. The summed E-state index contributed by atoms with van der Waals surface area (Å²) in [6, 6.07) is 11.7. The second kappa shape index (κ2) is 15.3. The Balaban J connectivity index is 1.85. The molecule has 2 amide bonds. The van der Waals surface area contributed by atoms with Crippen molar-refractivity contribution in [1.29, 1.82) is 0 Å². The van der Waals surface area contributed by atoms with Crippen molar-refractivity contribution in [2.45, 2.75) is 49.8 Å². The SMILES string of the molecule is COO[C@H]1[C@@H](NC(=O)CCCN)[C@@H](CO)O[C@H](OCCN=C(N)N)[C@@H]1NC(=O)Cc1cccc2ccccc12. The maximum atomic E-state index is 13.3. The van der Waals surface area contributed by atoms with Crippen molar-refractivity contribution in [2.75, 3.05) is 33.4 Å². The molecule has 0 saturated carbocycles. The van der Waals surface area contributed by atoms with Crippen molar-refractivity contribution >= 4 is 28.5 Å². The third kappa shape index (κ3) is 8.58. The van der Waals surface area contributed by atoms with Crippen LogP contribution in [0.15, 0.2) is 47.5 Å². The molecule has 9 N–H and O–H groups in total. The second-order valence-electron chi connectivity index (χ2n) is 9.02. The van der Waals surface area contributed by atoms with Crippen molar-refractivity contribution in [3.8, 4) is 0 Å². The number of carbonyl (C=O) groups is 2. The second-order valence-corrected chi connectivity index (χ2v) is 9.02. The minimum Gasteiger partial charge on any atom is -0.394 e. The summed E-state index contributed by atoms with van der Waals surface area (Å²) in [7, 11) is 1.31. The van der Waals surface area contributed by atoms with Crippen molar-refractivity contribution in [3.63, 3.8) is 0 Å². The molecule has 214 valence electrons. The van der Waals surface area contributed by atoms with Crippen LogP contribution in [-0.2, 0) is 35.3 Å². The molecule has 1 fully saturated rings. The highest BCUT2D eigenvalue weighted by atomic mass is 17.2. The lowest BCUT2D eigenvalue weighted by atomic mass is 9.93. The summed E-state index contributed by atoms with van der Waals surface area (Å²) in [4.78, 5) is 40.3. The Kier molecular flexibility index (Phi) is 11.9. The Morgan fingerprint density at radius 1 is 1.08 bits per heavy atom. The normalized spacial score (nSPS) is 22.8. The molecule has 0 spiro atoms. The first kappa shape index (κ1) is 30.2. The van der Waals surface area contributed by atoms with Gasteiger partial charge in [0.2, 0.25) is 11.8 Å². The first-order chi connectivity index (χ1) is 18.9. The number of amides is 2. The molecule has 0 bridgehead atoms. The number of nitrogens with zero attached hydrogens (tertiary/aromatic N) is 1. The van der Waals surface area contributed by atoms with Crippen LogP contribution >= 0.6 is 0 Å². The lowest BCUT2D eigenvalue weighted by Crippen LogP contribution is -2.69. The summed E-state index contributed by atoms with van der Waals surface area (Å²) in [5, 5.41) is 17.8. The number of aliphatic hydroxyl groups is 1. The fourth-order valence-corrected chi connectivity index (χ4v) is 4.51. The summed E-state index contributed by atoms with van der Waals surface area (Å²) in [6.07, 6.45) is -2.28. The van der Waals surface area contributed by atoms with Gasteiger partial charge in [0.15, 0.2) is 12.2 Å². The maximum Gasteiger partial charge on any atom is 0.224 e. The fraction of sp³-hybridized carbons (Fsp3) is 0.500. The average molecular weight is 547 g/mol. The van der Waals surface area contributed by atoms with Crippen LogP contribution in [0.1, 0.15) is 18.4 Å². The zero-order chi connectivity index (χ0) is 28.2. The number of carbonyl (C=O) groups excluding carboxylic acids is 2. The van der Waals surface area contributed by atoms with Crippen LogP contribution < -0.4 is 27.8 Å². The quantitative estimate of drug-likeness (QED) is 0.0563. The van der Waals surface area contributed by atoms with Crippen molar-refractivity contribution in [2.24, 2.45) is 22.2 Å². The number of benzene rings is 2. The Morgan fingerprint density at radius 3 is 2.54 bits per heavy atom. The van der Waals surface area contributed by atoms with E-state index in [-0.39, 0.29) is 43.8 Å². The van der Waals surface area contributed by atoms with E-state index in [1.807, 2.05) is 42.5 Å². The lowest BCUT2D eigenvalue weighted by molar-refractivity contribution is -0.352. The van der Waals surface area contributed by atoms with Crippen LogP contribution in [0.3, 0.4) is 0 Å². The van der Waals surface area contributed by atoms with Gasteiger partial charge in [-0.05, 0) is 29.3 Å². The first-order valence-corrected chi connectivity index (χ1v) is 12.8. The summed E-state index contributed by atoms with van der Waals surface area (Å²) in [5.41, 5.74) is 17.1. The third-order valence-electron chi connectivity index (χ3n) is 6.26. The molecule has 0 radical (unpaired) electrons. The van der Waals surface area contributed by atoms with Gasteiger partial charge in [-0.3, -0.25) is 14.6 Å². The van der Waals surface area contributed by atoms with Crippen LogP contribution in [0.4, 0.5) is 0 Å². The first-order valence-electron chi connectivity index (χ1n) is 12.8. The van der Waals surface area contributed by atoms with Gasteiger partial charge >= 0.3 is 0 Å². The molecule has 39 heavy (non-hydrogen) atoms. The van der Waals surface area contributed by atoms with Crippen LogP contribution in [0.2, 0.25) is 0 Å². The van der Waals surface area contributed by atoms with Gasteiger partial charge in [-0.25, -0.2) is 9.78 Å². The molecule has 1 aliphatic rings. The molecule has 0 aliphatic carbocycles. The van der Waals surface area contributed by atoms with E-state index in [0.29, 0.717) is 13.0 Å². The molecule has 1 saturated heterocycles. The van der Waals surface area contributed by atoms with Gasteiger partial charge in [-0.1, -0.05) is 42.5 Å². The smallest absolute Gasteiger partial charge is 0.224 e. The molecular formula is C26H38N6O7. The van der Waals surface area contributed by atoms with Gasteiger partial charge in [0, 0.05) is 6.42 Å². The number of hydrogen-bond donors (Lipinski definition) is 6. The van der Waals surface area contributed by atoms with E-state index in [1.165, 1.54) is 7.11 Å². The minimum atomic E-state index is -1.08. The van der Waals surface area contributed by atoms with Crippen LogP contribution in [0.25, 0.3) is 10.8 Å². The Morgan fingerprint density at radius 2 is 1.82 bits per heavy atom. The summed E-state index contributed by atoms with van der Waals surface area (Å²) >= 11 is 0. The van der Waals surface area contributed by atoms with Crippen LogP contribution in [0.5, 0.6) is 0 Å². The standard InChI is InChI=1S/C26H38N6O7/c1-36-39-24-22(31-20(34)10-5-11-27)19(15-33)38-25(37-13-12-30-26(28)29)23(24)32-21(35)14-17-8-4-7-16-6-2-3-9-18(16)17/h2-4,6-9,19,22-25,33H,5,10-15,27H2,1H3,(H,31,34)(H,32,35)(H4,28,29,30)/t19-,22+,23-,24+,25+/m1/s1. The summed E-state index contributed by atoms with van der Waals surface area (Å²) in [5.74, 6) is -0.750. The number of rotatable bonds is 14. The molecular weight excluding hydrogens is 508 g/mol. The molecule has 1 aliphatic heterocycles. The Labute approximate surface area is 226 Å². The zero-order valence-electron chi connectivity index (χ0n) is 22.0. The van der Waals surface area contributed by atoms with Crippen molar-refractivity contribution in [1.82, 2.24) is 10.6 Å². The minimum absolute atomic E-state index is 0.0453. The fourth-order valence-electron chi connectivity index (χ4n) is 4.51. The van der Waals surface area contributed by atoms with E-state index in [0.717, 1.165) is 16.3 Å². The molecule has 13 nitrogen and oxygen atoms in total. The molecule has 2 aromatic carbocycles. The molecule has 0 unspecified atom stereocenters. The molecule has 0 aromatic heterocycles. The topological polar surface area (TPSA) is 206 Å². The van der Waals surface area contributed by atoms with Gasteiger partial charge in [0.25, 0.3) is 0 Å². The monoisotopic (exact) mass is 546 g/mol. The van der Waals surface area contributed by atoms with Crippen LogP contribution in [0, 0.1) is 0 Å². The van der Waals surface area contributed by atoms with Gasteiger partial charge in [0.05, 0.1) is 39.3 Å². The largest absolute Gasteiger partial charge is 0.394 e. The van der Waals surface area contributed by atoms with Crippen molar-refractivity contribution in [3.05, 3.63) is 48.0 Å². The number of nitrogens with two attached hydrogens (primary N) is 3. The van der Waals surface area contributed by atoms with E-state index < -0.39 is 37.2 Å². The number of ether oxygens (including phenoxy) is 2. The number of aliphatic imine (C=N–C) groups is 1. The Bertz CT molecular complexity index is 1110. The number of fused-ring (bicyclic) bond motifs is 1. The van der Waals surface area contributed by atoms with Crippen molar-refractivity contribution < 1.29 is 33.9 Å². The van der Waals surface area contributed by atoms with E-state index in [2.05, 4.69) is 15.6 Å². The Hall–Kier alpha value is -3.33.